The fraction of sp³-hybridized carbons (Fsp3) is 0.296. The lowest BCUT2D eigenvalue weighted by Crippen LogP contribution is -2.47. The van der Waals surface area contributed by atoms with Gasteiger partial charge in [-0.25, -0.2) is 13.1 Å². The van der Waals surface area contributed by atoms with Gasteiger partial charge in [0.15, 0.2) is 11.5 Å². The number of hydrogen-bond acceptors (Lipinski definition) is 7. The molecule has 0 unspecified atom stereocenters. The maximum atomic E-state index is 13.1. The maximum Gasteiger partial charge on any atom is 0.246 e. The number of carbonyl (C=O) groups excluding carboxylic acids is 1. The van der Waals surface area contributed by atoms with Crippen molar-refractivity contribution >= 4 is 22.0 Å². The van der Waals surface area contributed by atoms with Crippen molar-refractivity contribution in [3.63, 3.8) is 0 Å². The van der Waals surface area contributed by atoms with Crippen molar-refractivity contribution in [1.29, 1.82) is 0 Å². The molecule has 4 rings (SSSR count). The van der Waals surface area contributed by atoms with Crippen LogP contribution in [-0.4, -0.2) is 64.5 Å². The van der Waals surface area contributed by atoms with E-state index < -0.39 is 10.0 Å². The zero-order valence-corrected chi connectivity index (χ0v) is 21.7. The van der Waals surface area contributed by atoms with Gasteiger partial charge in [0.2, 0.25) is 15.9 Å². The number of benzene rings is 2. The molecule has 1 amide bonds. The Balaban J connectivity index is 1.44. The Hall–Kier alpha value is -3.60. The van der Waals surface area contributed by atoms with Gasteiger partial charge in [-0.2, -0.15) is 0 Å². The number of carbonyl (C=O) groups is 1. The van der Waals surface area contributed by atoms with Crippen LogP contribution in [0.15, 0.2) is 76.2 Å². The van der Waals surface area contributed by atoms with Gasteiger partial charge in [-0.05, 0) is 41.5 Å². The van der Waals surface area contributed by atoms with Crippen LogP contribution in [0.25, 0.3) is 6.08 Å². The van der Waals surface area contributed by atoms with Crippen LogP contribution >= 0.6 is 0 Å². The molecule has 0 bridgehead atoms. The van der Waals surface area contributed by atoms with Crippen molar-refractivity contribution in [2.45, 2.75) is 18.0 Å². The number of amides is 1. The molecule has 0 spiro atoms. The number of nitrogens with one attached hydrogen (secondary N) is 1. The Morgan fingerprint density at radius 3 is 2.43 bits per heavy atom. The van der Waals surface area contributed by atoms with Crippen LogP contribution in [0.1, 0.15) is 16.9 Å². The van der Waals surface area contributed by atoms with Crippen molar-refractivity contribution in [2.24, 2.45) is 0 Å². The van der Waals surface area contributed by atoms with Crippen molar-refractivity contribution in [3.8, 4) is 11.5 Å². The molecule has 0 aliphatic carbocycles. The first-order chi connectivity index (χ1) is 17.9. The quantitative estimate of drug-likeness (QED) is 0.406. The smallest absolute Gasteiger partial charge is 0.246 e. The summed E-state index contributed by atoms with van der Waals surface area (Å²) in [5.74, 6) is 0.659. The summed E-state index contributed by atoms with van der Waals surface area (Å²) >= 11 is 0. The molecule has 1 fully saturated rings. The Bertz CT molecular complexity index is 1320. The predicted molar refractivity (Wildman–Crippen MR) is 140 cm³/mol. The molecule has 2 heterocycles. The molecule has 37 heavy (non-hydrogen) atoms. The highest BCUT2D eigenvalue weighted by atomic mass is 32.2. The summed E-state index contributed by atoms with van der Waals surface area (Å²) in [6.07, 6.45) is 4.52. The molecular weight excluding hydrogens is 494 g/mol. The lowest BCUT2D eigenvalue weighted by molar-refractivity contribution is -0.127. The van der Waals surface area contributed by atoms with E-state index in [4.69, 9.17) is 13.9 Å². The van der Waals surface area contributed by atoms with Gasteiger partial charge in [-0.3, -0.25) is 9.69 Å². The number of hydrogen-bond donors (Lipinski definition) is 1. The molecule has 196 valence electrons. The van der Waals surface area contributed by atoms with E-state index in [0.717, 1.165) is 19.6 Å². The lowest BCUT2D eigenvalue weighted by atomic mass is 10.1. The third-order valence-electron chi connectivity index (χ3n) is 6.12. The number of rotatable bonds is 10. The monoisotopic (exact) mass is 525 g/mol. The predicted octanol–water partition coefficient (Wildman–Crippen LogP) is 3.13. The summed E-state index contributed by atoms with van der Waals surface area (Å²) < 4.78 is 44.6. The molecule has 1 aliphatic rings. The summed E-state index contributed by atoms with van der Waals surface area (Å²) in [4.78, 5) is 16.9. The minimum atomic E-state index is -3.98. The lowest BCUT2D eigenvalue weighted by Gasteiger charge is -2.34. The van der Waals surface area contributed by atoms with E-state index in [1.54, 1.807) is 29.2 Å². The first-order valence-corrected chi connectivity index (χ1v) is 13.4. The number of ether oxygens (including phenoxy) is 2. The SMILES string of the molecule is COc1cc(/C=C/C(=O)N2CCN(Cc3ccccc3)CC2)cc(S(=O)(=O)NCc2ccco2)c1OC. The van der Waals surface area contributed by atoms with Crippen LogP contribution in [0.2, 0.25) is 0 Å². The van der Waals surface area contributed by atoms with E-state index >= 15 is 0 Å². The van der Waals surface area contributed by atoms with Crippen molar-refractivity contribution in [2.75, 3.05) is 40.4 Å². The zero-order valence-electron chi connectivity index (χ0n) is 20.9. The average Bonchev–Trinajstić information content (AvgIpc) is 3.45. The zero-order chi connectivity index (χ0) is 26.3. The van der Waals surface area contributed by atoms with Gasteiger partial charge in [0, 0.05) is 38.8 Å². The third-order valence-corrected chi connectivity index (χ3v) is 7.53. The van der Waals surface area contributed by atoms with E-state index in [0.29, 0.717) is 24.4 Å². The molecule has 1 saturated heterocycles. The van der Waals surface area contributed by atoms with Crippen molar-refractivity contribution in [1.82, 2.24) is 14.5 Å². The van der Waals surface area contributed by atoms with Crippen LogP contribution in [-0.2, 0) is 27.9 Å². The molecule has 3 aromatic rings. The highest BCUT2D eigenvalue weighted by Gasteiger charge is 2.24. The Kier molecular flexibility index (Phi) is 8.65. The van der Waals surface area contributed by atoms with Gasteiger partial charge in [-0.15, -0.1) is 0 Å². The number of sulfonamides is 1. The number of nitrogens with zero attached hydrogens (tertiary/aromatic N) is 2. The number of piperazine rings is 1. The fourth-order valence-corrected chi connectivity index (χ4v) is 5.35. The topological polar surface area (TPSA) is 101 Å². The van der Waals surface area contributed by atoms with E-state index in [1.807, 2.05) is 18.2 Å². The molecule has 9 nitrogen and oxygen atoms in total. The van der Waals surface area contributed by atoms with Gasteiger partial charge in [0.1, 0.15) is 10.7 Å². The van der Waals surface area contributed by atoms with E-state index in [1.165, 1.54) is 38.2 Å². The molecule has 0 radical (unpaired) electrons. The first kappa shape index (κ1) is 26.5. The fourth-order valence-electron chi connectivity index (χ4n) is 4.14. The molecule has 0 atom stereocenters. The number of methoxy groups -OCH3 is 2. The van der Waals surface area contributed by atoms with E-state index in [9.17, 15) is 13.2 Å². The van der Waals surface area contributed by atoms with Gasteiger partial charge < -0.3 is 18.8 Å². The van der Waals surface area contributed by atoms with Gasteiger partial charge in [-0.1, -0.05) is 30.3 Å². The Morgan fingerprint density at radius 1 is 1.03 bits per heavy atom. The second-order valence-electron chi connectivity index (χ2n) is 8.58. The molecular formula is C27H31N3O6S. The van der Waals surface area contributed by atoms with Gasteiger partial charge >= 0.3 is 0 Å². The summed E-state index contributed by atoms with van der Waals surface area (Å²) in [5, 5.41) is 0. The second-order valence-corrected chi connectivity index (χ2v) is 10.3. The second kappa shape index (κ2) is 12.1. The molecule has 1 aromatic heterocycles. The largest absolute Gasteiger partial charge is 0.493 e. The first-order valence-electron chi connectivity index (χ1n) is 11.9. The van der Waals surface area contributed by atoms with Crippen LogP contribution in [0.3, 0.4) is 0 Å². The standard InChI is InChI=1S/C27H31N3O6S/c1-34-24-17-22(18-25(27(24)35-2)37(32,33)28-19-23-9-6-16-36-23)10-11-26(31)30-14-12-29(13-15-30)20-21-7-4-3-5-8-21/h3-11,16-18,28H,12-15,19-20H2,1-2H3/b11-10+. The van der Waals surface area contributed by atoms with Gasteiger partial charge in [0.05, 0.1) is 27.0 Å². The van der Waals surface area contributed by atoms with E-state index in [2.05, 4.69) is 21.8 Å². The highest BCUT2D eigenvalue weighted by Crippen LogP contribution is 2.36. The third kappa shape index (κ3) is 6.79. The van der Waals surface area contributed by atoms with Crippen molar-refractivity contribution in [3.05, 3.63) is 83.8 Å². The summed E-state index contributed by atoms with van der Waals surface area (Å²) in [6.45, 7) is 3.66. The average molecular weight is 526 g/mol. The summed E-state index contributed by atoms with van der Waals surface area (Å²) in [5.41, 5.74) is 1.74. The molecule has 2 aromatic carbocycles. The van der Waals surface area contributed by atoms with Crippen LogP contribution in [0.4, 0.5) is 0 Å². The molecule has 10 heteroatoms. The van der Waals surface area contributed by atoms with Crippen LogP contribution in [0, 0.1) is 0 Å². The minimum Gasteiger partial charge on any atom is -0.493 e. The summed E-state index contributed by atoms with van der Waals surface area (Å²) in [7, 11) is -1.17. The Morgan fingerprint density at radius 2 is 1.78 bits per heavy atom. The van der Waals surface area contributed by atoms with E-state index in [-0.39, 0.29) is 28.8 Å². The maximum absolute atomic E-state index is 13.1. The molecule has 0 saturated carbocycles. The molecule has 1 aliphatic heterocycles. The van der Waals surface area contributed by atoms with Crippen LogP contribution in [0.5, 0.6) is 11.5 Å². The normalized spacial score (nSPS) is 14.7. The minimum absolute atomic E-state index is 0.0182. The van der Waals surface area contributed by atoms with Gasteiger partial charge in [0.25, 0.3) is 0 Å². The molecule has 1 N–H and O–H groups in total. The van der Waals surface area contributed by atoms with Crippen molar-refractivity contribution < 1.29 is 27.1 Å². The Labute approximate surface area is 217 Å². The highest BCUT2D eigenvalue weighted by molar-refractivity contribution is 7.89. The van der Waals surface area contributed by atoms with Crippen LogP contribution < -0.4 is 14.2 Å². The number of furan rings is 1. The summed E-state index contributed by atoms with van der Waals surface area (Å²) in [6, 6.07) is 16.7.